The van der Waals surface area contributed by atoms with Crippen molar-refractivity contribution in [2.75, 3.05) is 6.61 Å². The first-order chi connectivity index (χ1) is 20.6. The predicted molar refractivity (Wildman–Crippen MR) is 173 cm³/mol. The summed E-state index contributed by atoms with van der Waals surface area (Å²) in [5, 5.41) is 16.4. The second-order valence-corrected chi connectivity index (χ2v) is 22.7. The molecule has 45 heavy (non-hydrogen) atoms. The van der Waals surface area contributed by atoms with Crippen molar-refractivity contribution in [1.29, 1.82) is 0 Å². The number of amides is 1. The molecule has 1 heterocycles. The fraction of sp³-hybridized carbons (Fsp3) is 0.710. The standard InChI is InChI=1S/C31H49F4N4O4SSi/c1-29(2,3)44(42)18-36-23(17-30(4,5)28(32)33)26-37-22-10-9-21(14-24(22)39(26)19-43-11-12-45(6,7)8)27(41)38-25(40)13-20-15-31(34,35)16-20/h9-10,14,18,20,23,27-28,36,41H,11-13,15-17,19H2,1-8H3,(H,38,40)/q-1/t23-,27+/m0/s1. The summed E-state index contributed by atoms with van der Waals surface area (Å²) in [6, 6.07) is 5.02. The minimum absolute atomic E-state index is 0.0352. The van der Waals surface area contributed by atoms with E-state index in [2.05, 4.69) is 30.3 Å². The van der Waals surface area contributed by atoms with Crippen LogP contribution in [0.25, 0.3) is 11.0 Å². The number of carbonyl (C=O) groups is 1. The second-order valence-electron chi connectivity index (χ2n) is 15.0. The number of benzene rings is 1. The first-order valence-electron chi connectivity index (χ1n) is 15.3. The Morgan fingerprint density at radius 1 is 1.22 bits per heavy atom. The number of aliphatic hydroxyl groups excluding tert-OH is 1. The monoisotopic (exact) mass is 677 g/mol. The third-order valence-electron chi connectivity index (χ3n) is 7.89. The molecule has 2 atom stereocenters. The lowest BCUT2D eigenvalue weighted by Crippen LogP contribution is -2.39. The van der Waals surface area contributed by atoms with Crippen molar-refractivity contribution >= 4 is 40.9 Å². The first kappa shape index (κ1) is 37.5. The number of hydrogen-bond acceptors (Lipinski definition) is 6. The van der Waals surface area contributed by atoms with E-state index in [0.29, 0.717) is 29.0 Å². The number of aromatic nitrogens is 2. The third kappa shape index (κ3) is 10.8. The quantitative estimate of drug-likeness (QED) is 0.0483. The van der Waals surface area contributed by atoms with E-state index in [0.717, 1.165) is 6.04 Å². The van der Waals surface area contributed by atoms with Crippen LogP contribution < -0.4 is 10.6 Å². The minimum atomic E-state index is -2.74. The molecule has 0 saturated heterocycles. The van der Waals surface area contributed by atoms with Gasteiger partial charge in [0, 0.05) is 44.9 Å². The topological polar surface area (TPSA) is 105 Å². The van der Waals surface area contributed by atoms with E-state index in [1.54, 1.807) is 22.8 Å². The van der Waals surface area contributed by atoms with Gasteiger partial charge in [0.2, 0.25) is 18.3 Å². The molecule has 0 unspecified atom stereocenters. The van der Waals surface area contributed by atoms with E-state index in [9.17, 15) is 31.7 Å². The van der Waals surface area contributed by atoms with Gasteiger partial charge in [-0.1, -0.05) is 65.1 Å². The maximum absolute atomic E-state index is 14.1. The lowest BCUT2D eigenvalue weighted by molar-refractivity contribution is -0.136. The van der Waals surface area contributed by atoms with Crippen LogP contribution in [-0.4, -0.2) is 57.8 Å². The van der Waals surface area contributed by atoms with Gasteiger partial charge in [-0.05, 0) is 30.5 Å². The molecule has 1 aromatic carbocycles. The maximum atomic E-state index is 14.1. The van der Waals surface area contributed by atoms with Crippen molar-refractivity contribution < 1.29 is 36.4 Å². The normalized spacial score (nSPS) is 18.3. The van der Waals surface area contributed by atoms with Crippen molar-refractivity contribution in [3.63, 3.8) is 0 Å². The van der Waals surface area contributed by atoms with E-state index >= 15 is 0 Å². The van der Waals surface area contributed by atoms with Crippen molar-refractivity contribution in [1.82, 2.24) is 20.2 Å². The van der Waals surface area contributed by atoms with Crippen molar-refractivity contribution in [3.05, 3.63) is 29.6 Å². The van der Waals surface area contributed by atoms with Crippen LogP contribution in [0.15, 0.2) is 18.2 Å². The van der Waals surface area contributed by atoms with Gasteiger partial charge in [0.1, 0.15) is 12.6 Å². The van der Waals surface area contributed by atoms with E-state index in [1.165, 1.54) is 19.3 Å². The van der Waals surface area contributed by atoms with Gasteiger partial charge in [-0.2, -0.15) is 0 Å². The number of alkyl halides is 4. The summed E-state index contributed by atoms with van der Waals surface area (Å²) in [4.78, 5) is 17.2. The zero-order chi connectivity index (χ0) is 34.0. The van der Waals surface area contributed by atoms with Gasteiger partial charge >= 0.3 is 0 Å². The van der Waals surface area contributed by atoms with Gasteiger partial charge in [0.05, 0.1) is 17.1 Å². The number of nitrogens with zero attached hydrogens (tertiary/aromatic N) is 2. The number of ether oxygens (including phenoxy) is 1. The van der Waals surface area contributed by atoms with E-state index in [4.69, 9.17) is 9.72 Å². The van der Waals surface area contributed by atoms with E-state index in [1.807, 2.05) is 20.8 Å². The molecule has 8 nitrogen and oxygen atoms in total. The van der Waals surface area contributed by atoms with E-state index < -0.39 is 65.1 Å². The summed E-state index contributed by atoms with van der Waals surface area (Å²) in [6.07, 6.45) is -4.87. The summed E-state index contributed by atoms with van der Waals surface area (Å²) < 4.78 is 74.7. The lowest BCUT2D eigenvalue weighted by Gasteiger charge is -2.34. The highest BCUT2D eigenvalue weighted by Crippen LogP contribution is 2.44. The molecular formula is C31H49F4N4O4SSi-. The number of carbonyl (C=O) groups excluding carboxylic acids is 1. The smallest absolute Gasteiger partial charge is 0.248 e. The maximum Gasteiger partial charge on any atom is 0.248 e. The molecular weight excluding hydrogens is 629 g/mol. The Bertz CT molecular complexity index is 1410. The van der Waals surface area contributed by atoms with Gasteiger partial charge < -0.3 is 29.3 Å². The number of imidazole rings is 1. The minimum Gasteiger partial charge on any atom is -0.460 e. The SMILES string of the molecule is CC(C)(C[C@H](N/C=[S-](=O)/C(C)(C)C)c1nc2ccc([C@@H](O)NC(=O)CC3CC(F)(F)C3)cc2n1COCC[Si](C)(C)C)C(F)F. The molecule has 1 saturated carbocycles. The van der Waals surface area contributed by atoms with Gasteiger partial charge in [-0.25, -0.2) is 22.5 Å². The number of hydrogen-bond donors (Lipinski definition) is 3. The van der Waals surface area contributed by atoms with Crippen molar-refractivity contribution in [2.24, 2.45) is 11.3 Å². The Kier molecular flexibility index (Phi) is 12.0. The summed E-state index contributed by atoms with van der Waals surface area (Å²) in [5.74, 6) is -3.31. The molecule has 1 aliphatic rings. The molecule has 0 spiro atoms. The zero-order valence-electron chi connectivity index (χ0n) is 27.6. The average Bonchev–Trinajstić information content (AvgIpc) is 3.24. The number of halogens is 4. The van der Waals surface area contributed by atoms with Crippen molar-refractivity contribution in [2.45, 2.75) is 122 Å². The molecule has 2 aromatic rings. The molecule has 1 fully saturated rings. The third-order valence-corrected chi connectivity index (χ3v) is 11.2. The van der Waals surface area contributed by atoms with Gasteiger partial charge in [-0.15, -0.1) is 5.49 Å². The highest BCUT2D eigenvalue weighted by molar-refractivity contribution is 7.84. The predicted octanol–water partition coefficient (Wildman–Crippen LogP) is 6.73. The van der Waals surface area contributed by atoms with Crippen LogP contribution in [0.5, 0.6) is 0 Å². The molecule has 3 N–H and O–H groups in total. The molecule has 14 heteroatoms. The lowest BCUT2D eigenvalue weighted by atomic mass is 9.79. The summed E-state index contributed by atoms with van der Waals surface area (Å²) in [6.45, 7) is 15.6. The summed E-state index contributed by atoms with van der Waals surface area (Å²) in [7, 11) is -2.85. The molecule has 1 aromatic heterocycles. The van der Waals surface area contributed by atoms with Crippen molar-refractivity contribution in [3.8, 4) is 0 Å². The summed E-state index contributed by atoms with van der Waals surface area (Å²) >= 11 is 0. The molecule has 0 radical (unpaired) electrons. The van der Waals surface area contributed by atoms with Crippen LogP contribution in [0.2, 0.25) is 25.7 Å². The largest absolute Gasteiger partial charge is 0.460 e. The first-order valence-corrected chi connectivity index (χ1v) is 20.2. The Hall–Kier alpha value is -2.00. The molecule has 256 valence electrons. The molecule has 3 rings (SSSR count). The fourth-order valence-electron chi connectivity index (χ4n) is 4.91. The van der Waals surface area contributed by atoms with Crippen LogP contribution in [0.1, 0.15) is 84.0 Å². The molecule has 0 aliphatic heterocycles. The van der Waals surface area contributed by atoms with Crippen LogP contribution in [-0.2, 0) is 30.9 Å². The van der Waals surface area contributed by atoms with Crippen LogP contribution in [0, 0.1) is 11.3 Å². The van der Waals surface area contributed by atoms with Gasteiger partial charge in [0.15, 0.2) is 6.23 Å². The number of aliphatic hydroxyl groups is 1. The highest BCUT2D eigenvalue weighted by atomic mass is 32.2. The Labute approximate surface area is 266 Å². The Morgan fingerprint density at radius 2 is 1.87 bits per heavy atom. The van der Waals surface area contributed by atoms with Crippen LogP contribution >= 0.6 is 0 Å². The zero-order valence-corrected chi connectivity index (χ0v) is 29.4. The molecule has 1 amide bonds. The van der Waals surface area contributed by atoms with Crippen LogP contribution in [0.3, 0.4) is 0 Å². The molecule has 0 bridgehead atoms. The van der Waals surface area contributed by atoms with Crippen LogP contribution in [0.4, 0.5) is 17.6 Å². The highest BCUT2D eigenvalue weighted by Gasteiger charge is 2.45. The number of nitrogens with one attached hydrogen (secondary N) is 2. The fourth-order valence-corrected chi connectivity index (χ4v) is 6.31. The average molecular weight is 678 g/mol. The van der Waals surface area contributed by atoms with Gasteiger partial charge in [0.25, 0.3) is 0 Å². The Morgan fingerprint density at radius 3 is 2.42 bits per heavy atom. The van der Waals surface area contributed by atoms with E-state index in [-0.39, 0.29) is 32.4 Å². The molecule has 1 aliphatic carbocycles. The number of fused-ring (bicyclic) bond motifs is 1. The Balaban J connectivity index is 1.99. The number of rotatable bonds is 15. The van der Waals surface area contributed by atoms with Gasteiger partial charge in [-0.3, -0.25) is 15.2 Å². The summed E-state index contributed by atoms with van der Waals surface area (Å²) in [5.41, 5.74) is 1.40. The second kappa shape index (κ2) is 14.4.